The Morgan fingerprint density at radius 1 is 1.12 bits per heavy atom. The van der Waals surface area contributed by atoms with Crippen LogP contribution >= 0.6 is 0 Å². The largest absolute Gasteiger partial charge is 0.416 e. The van der Waals surface area contributed by atoms with Crippen LogP contribution in [-0.4, -0.2) is 22.0 Å². The fourth-order valence-electron chi connectivity index (χ4n) is 2.51. The Bertz CT molecular complexity index is 872. The Kier molecular flexibility index (Phi) is 5.11. The van der Waals surface area contributed by atoms with Crippen LogP contribution < -0.4 is 10.6 Å². The molecule has 0 saturated heterocycles. The third-order valence-corrected chi connectivity index (χ3v) is 3.79. The molecule has 0 atom stereocenters. The smallest absolute Gasteiger partial charge is 0.338 e. The van der Waals surface area contributed by atoms with Gasteiger partial charge in [-0.15, -0.1) is 0 Å². The summed E-state index contributed by atoms with van der Waals surface area (Å²) in [4.78, 5) is 16.2. The van der Waals surface area contributed by atoms with Gasteiger partial charge in [0.2, 0.25) is 0 Å². The van der Waals surface area contributed by atoms with Crippen molar-refractivity contribution in [3.63, 3.8) is 0 Å². The molecular weight excluding hydrogens is 345 g/mol. The monoisotopic (exact) mass is 362 g/mol. The molecule has 136 valence electrons. The number of halogens is 3. The van der Waals surface area contributed by atoms with Gasteiger partial charge in [0, 0.05) is 31.9 Å². The summed E-state index contributed by atoms with van der Waals surface area (Å²) in [5.41, 5.74) is 1.32. The third kappa shape index (κ3) is 4.53. The summed E-state index contributed by atoms with van der Waals surface area (Å²) in [5, 5.41) is 5.22. The van der Waals surface area contributed by atoms with Crippen LogP contribution in [0.4, 0.5) is 18.0 Å². The van der Waals surface area contributed by atoms with Crippen LogP contribution in [0.1, 0.15) is 16.8 Å². The average Bonchev–Trinajstić information content (AvgIpc) is 3.02. The predicted octanol–water partition coefficient (Wildman–Crippen LogP) is 3.40. The molecule has 2 amide bonds. The number of nitrogens with zero attached hydrogens (tertiary/aromatic N) is 2. The highest BCUT2D eigenvalue weighted by Gasteiger charge is 2.30. The zero-order chi connectivity index (χ0) is 18.6. The zero-order valence-electron chi connectivity index (χ0n) is 13.8. The number of urea groups is 1. The number of pyridine rings is 1. The summed E-state index contributed by atoms with van der Waals surface area (Å²) in [6, 6.07) is 10.1. The zero-order valence-corrected chi connectivity index (χ0v) is 13.8. The molecule has 0 radical (unpaired) electrons. The van der Waals surface area contributed by atoms with E-state index >= 15 is 0 Å². The molecule has 0 aliphatic heterocycles. The maximum atomic E-state index is 12.7. The summed E-state index contributed by atoms with van der Waals surface area (Å²) in [6.07, 6.45) is -0.0659. The van der Waals surface area contributed by atoms with Gasteiger partial charge >= 0.3 is 12.2 Å². The molecule has 0 unspecified atom stereocenters. The third-order valence-electron chi connectivity index (χ3n) is 3.79. The van der Waals surface area contributed by atoms with E-state index in [4.69, 9.17) is 0 Å². The van der Waals surface area contributed by atoms with E-state index in [0.29, 0.717) is 18.5 Å². The minimum absolute atomic E-state index is 0.0180. The molecule has 3 rings (SSSR count). The van der Waals surface area contributed by atoms with Crippen molar-refractivity contribution in [1.82, 2.24) is 20.0 Å². The van der Waals surface area contributed by atoms with Gasteiger partial charge in [-0.25, -0.2) is 9.78 Å². The van der Waals surface area contributed by atoms with E-state index in [-0.39, 0.29) is 6.54 Å². The number of carbonyl (C=O) groups is 1. The van der Waals surface area contributed by atoms with Gasteiger partial charge in [-0.2, -0.15) is 13.2 Å². The van der Waals surface area contributed by atoms with Crippen molar-refractivity contribution in [3.8, 4) is 0 Å². The SMILES string of the molecule is O=C(NCCc1cn2ccccc2n1)NCc1cccc(C(F)(F)F)c1. The predicted molar refractivity (Wildman–Crippen MR) is 90.6 cm³/mol. The number of fused-ring (bicyclic) bond motifs is 1. The van der Waals surface area contributed by atoms with Crippen molar-refractivity contribution in [2.75, 3.05) is 6.54 Å². The van der Waals surface area contributed by atoms with Crippen LogP contribution in [0.5, 0.6) is 0 Å². The first-order valence-corrected chi connectivity index (χ1v) is 8.02. The van der Waals surface area contributed by atoms with Crippen molar-refractivity contribution in [2.45, 2.75) is 19.1 Å². The van der Waals surface area contributed by atoms with Crippen molar-refractivity contribution in [1.29, 1.82) is 0 Å². The Labute approximate surface area is 147 Å². The summed E-state index contributed by atoms with van der Waals surface area (Å²) in [6.45, 7) is 0.391. The molecule has 0 saturated carbocycles. The Morgan fingerprint density at radius 2 is 1.96 bits per heavy atom. The topological polar surface area (TPSA) is 58.4 Å². The first-order valence-electron chi connectivity index (χ1n) is 8.02. The van der Waals surface area contributed by atoms with Crippen molar-refractivity contribution >= 4 is 11.7 Å². The number of amides is 2. The van der Waals surface area contributed by atoms with Crippen LogP contribution in [0.25, 0.3) is 5.65 Å². The van der Waals surface area contributed by atoms with E-state index in [1.54, 1.807) is 0 Å². The maximum absolute atomic E-state index is 12.7. The molecule has 2 aromatic heterocycles. The number of imidazole rings is 1. The highest BCUT2D eigenvalue weighted by molar-refractivity contribution is 5.73. The Balaban J connectivity index is 1.46. The van der Waals surface area contributed by atoms with Gasteiger partial charge in [-0.3, -0.25) is 0 Å². The van der Waals surface area contributed by atoms with Gasteiger partial charge in [0.25, 0.3) is 0 Å². The summed E-state index contributed by atoms with van der Waals surface area (Å²) in [5.74, 6) is 0. The minimum atomic E-state index is -4.40. The van der Waals surface area contributed by atoms with Gasteiger partial charge in [-0.1, -0.05) is 18.2 Å². The number of carbonyl (C=O) groups excluding carboxylic acids is 1. The first kappa shape index (κ1) is 17.8. The maximum Gasteiger partial charge on any atom is 0.416 e. The second-order valence-electron chi connectivity index (χ2n) is 5.76. The molecule has 8 heteroatoms. The molecule has 2 heterocycles. The van der Waals surface area contributed by atoms with Gasteiger partial charge in [0.15, 0.2) is 0 Å². The molecule has 0 aliphatic carbocycles. The highest BCUT2D eigenvalue weighted by Crippen LogP contribution is 2.29. The molecule has 26 heavy (non-hydrogen) atoms. The van der Waals surface area contributed by atoms with E-state index in [9.17, 15) is 18.0 Å². The molecule has 3 aromatic rings. The second-order valence-corrected chi connectivity index (χ2v) is 5.76. The molecule has 2 N–H and O–H groups in total. The normalized spacial score (nSPS) is 11.5. The van der Waals surface area contributed by atoms with Crippen LogP contribution in [0.15, 0.2) is 54.9 Å². The van der Waals surface area contributed by atoms with Gasteiger partial charge < -0.3 is 15.0 Å². The van der Waals surface area contributed by atoms with E-state index in [1.807, 2.05) is 35.0 Å². The van der Waals surface area contributed by atoms with E-state index in [0.717, 1.165) is 23.5 Å². The lowest BCUT2D eigenvalue weighted by molar-refractivity contribution is -0.137. The van der Waals surface area contributed by atoms with Gasteiger partial charge in [0.05, 0.1) is 11.3 Å². The van der Waals surface area contributed by atoms with Crippen LogP contribution in [-0.2, 0) is 19.1 Å². The number of alkyl halides is 3. The lowest BCUT2D eigenvalue weighted by atomic mass is 10.1. The molecule has 0 aliphatic rings. The molecule has 5 nitrogen and oxygen atoms in total. The number of nitrogens with one attached hydrogen (secondary N) is 2. The molecule has 0 spiro atoms. The van der Waals surface area contributed by atoms with Crippen molar-refractivity contribution in [3.05, 3.63) is 71.7 Å². The highest BCUT2D eigenvalue weighted by atomic mass is 19.4. The fourth-order valence-corrected chi connectivity index (χ4v) is 2.51. The number of rotatable bonds is 5. The fraction of sp³-hybridized carbons (Fsp3) is 0.222. The summed E-state index contributed by atoms with van der Waals surface area (Å²) in [7, 11) is 0. The van der Waals surface area contributed by atoms with Crippen molar-refractivity contribution in [2.24, 2.45) is 0 Å². The van der Waals surface area contributed by atoms with E-state index in [2.05, 4.69) is 15.6 Å². The van der Waals surface area contributed by atoms with E-state index in [1.165, 1.54) is 12.1 Å². The molecule has 0 bridgehead atoms. The van der Waals surface area contributed by atoms with Crippen LogP contribution in [0.3, 0.4) is 0 Å². The van der Waals surface area contributed by atoms with Gasteiger partial charge in [0.1, 0.15) is 5.65 Å². The lowest BCUT2D eigenvalue weighted by Crippen LogP contribution is -2.36. The average molecular weight is 362 g/mol. The number of benzene rings is 1. The van der Waals surface area contributed by atoms with Gasteiger partial charge in [-0.05, 0) is 29.8 Å². The number of hydrogen-bond acceptors (Lipinski definition) is 2. The molecule has 1 aromatic carbocycles. The summed E-state index contributed by atoms with van der Waals surface area (Å²) >= 11 is 0. The Hall–Kier alpha value is -3.03. The lowest BCUT2D eigenvalue weighted by Gasteiger charge is -2.10. The molecular formula is C18H17F3N4O. The van der Waals surface area contributed by atoms with Crippen LogP contribution in [0.2, 0.25) is 0 Å². The number of hydrogen-bond donors (Lipinski definition) is 2. The second kappa shape index (κ2) is 7.47. The standard InChI is InChI=1S/C18H17F3N4O/c19-18(20,21)14-5-3-4-13(10-14)11-23-17(26)22-8-7-15-12-25-9-2-1-6-16(25)24-15/h1-6,9-10,12H,7-8,11H2,(H2,22,23,26). The Morgan fingerprint density at radius 3 is 2.73 bits per heavy atom. The summed E-state index contributed by atoms with van der Waals surface area (Å²) < 4.78 is 39.9. The minimum Gasteiger partial charge on any atom is -0.338 e. The van der Waals surface area contributed by atoms with Crippen LogP contribution in [0, 0.1) is 0 Å². The number of aromatic nitrogens is 2. The quantitative estimate of drug-likeness (QED) is 0.731. The molecule has 0 fully saturated rings. The first-order chi connectivity index (χ1) is 12.4. The van der Waals surface area contributed by atoms with Crippen molar-refractivity contribution < 1.29 is 18.0 Å². The van der Waals surface area contributed by atoms with E-state index < -0.39 is 17.8 Å².